The van der Waals surface area contributed by atoms with Crippen molar-refractivity contribution in [3.63, 3.8) is 0 Å². The molecule has 1 heterocycles. The summed E-state index contributed by atoms with van der Waals surface area (Å²) in [6.07, 6.45) is 1.14. The molecular formula is C29H29N3O4S. The number of nitrogens with one attached hydrogen (secondary N) is 1. The monoisotopic (exact) mass is 515 g/mol. The first-order valence-electron chi connectivity index (χ1n) is 11.7. The molecule has 0 fully saturated rings. The highest BCUT2D eigenvalue weighted by molar-refractivity contribution is 7.90. The number of sulfone groups is 1. The van der Waals surface area contributed by atoms with Gasteiger partial charge in [-0.3, -0.25) is 9.59 Å². The lowest BCUT2D eigenvalue weighted by Crippen LogP contribution is -2.21. The van der Waals surface area contributed by atoms with Crippen LogP contribution in [0.15, 0.2) is 83.8 Å². The molecule has 0 spiro atoms. The summed E-state index contributed by atoms with van der Waals surface area (Å²) < 4.78 is 25.4. The molecule has 0 aliphatic rings. The molecule has 0 radical (unpaired) electrons. The van der Waals surface area contributed by atoms with Crippen LogP contribution in [0.2, 0.25) is 0 Å². The minimum atomic E-state index is -3.31. The summed E-state index contributed by atoms with van der Waals surface area (Å²) in [4.78, 5) is 27.2. The van der Waals surface area contributed by atoms with E-state index >= 15 is 0 Å². The molecule has 0 aliphatic carbocycles. The molecule has 1 N–H and O–H groups in total. The summed E-state index contributed by atoms with van der Waals surface area (Å²) in [5, 5.41) is 2.86. The van der Waals surface area contributed by atoms with Gasteiger partial charge in [0.25, 0.3) is 11.8 Å². The van der Waals surface area contributed by atoms with Gasteiger partial charge in [0.05, 0.1) is 16.1 Å². The number of carbonyl (C=O) groups is 2. The van der Waals surface area contributed by atoms with Crippen molar-refractivity contribution in [1.29, 1.82) is 0 Å². The molecule has 0 atom stereocenters. The van der Waals surface area contributed by atoms with Gasteiger partial charge in [-0.15, -0.1) is 0 Å². The van der Waals surface area contributed by atoms with Crippen molar-refractivity contribution >= 4 is 27.3 Å². The number of rotatable bonds is 6. The number of aromatic nitrogens is 1. The van der Waals surface area contributed by atoms with Gasteiger partial charge < -0.3 is 14.8 Å². The summed E-state index contributed by atoms with van der Waals surface area (Å²) in [5.74, 6) is -0.339. The molecule has 4 aromatic rings. The van der Waals surface area contributed by atoms with Gasteiger partial charge >= 0.3 is 0 Å². The fourth-order valence-corrected chi connectivity index (χ4v) is 4.94. The van der Waals surface area contributed by atoms with E-state index in [-0.39, 0.29) is 16.7 Å². The maximum absolute atomic E-state index is 13.1. The highest BCUT2D eigenvalue weighted by atomic mass is 32.2. The third kappa shape index (κ3) is 5.34. The Morgan fingerprint density at radius 3 is 2.08 bits per heavy atom. The van der Waals surface area contributed by atoms with Crippen LogP contribution in [0.4, 0.5) is 5.69 Å². The minimum absolute atomic E-state index is 0.0569. The van der Waals surface area contributed by atoms with E-state index in [4.69, 9.17) is 0 Å². The molecular weight excluding hydrogens is 486 g/mol. The Kier molecular flexibility index (Phi) is 7.05. The summed E-state index contributed by atoms with van der Waals surface area (Å²) >= 11 is 0. The van der Waals surface area contributed by atoms with Crippen molar-refractivity contribution in [1.82, 2.24) is 9.47 Å². The second-order valence-electron chi connectivity index (χ2n) is 9.16. The van der Waals surface area contributed by atoms with Crippen molar-refractivity contribution in [3.8, 4) is 16.8 Å². The number of hydrogen-bond acceptors (Lipinski definition) is 4. The first-order valence-corrected chi connectivity index (χ1v) is 13.6. The number of benzene rings is 3. The van der Waals surface area contributed by atoms with Gasteiger partial charge in [0.1, 0.15) is 0 Å². The summed E-state index contributed by atoms with van der Waals surface area (Å²) in [7, 11) is 0.135. The van der Waals surface area contributed by atoms with Crippen molar-refractivity contribution in [3.05, 3.63) is 101 Å². The number of carbonyl (C=O) groups excluding carboxylic acids is 2. The Labute approximate surface area is 217 Å². The number of aryl methyl sites for hydroxylation is 1. The van der Waals surface area contributed by atoms with Crippen molar-refractivity contribution in [2.75, 3.05) is 25.7 Å². The zero-order chi connectivity index (χ0) is 26.9. The molecule has 2 amide bonds. The van der Waals surface area contributed by atoms with Crippen LogP contribution in [0.3, 0.4) is 0 Å². The van der Waals surface area contributed by atoms with E-state index < -0.39 is 9.84 Å². The topological polar surface area (TPSA) is 88.5 Å². The van der Waals surface area contributed by atoms with Gasteiger partial charge in [0.15, 0.2) is 9.84 Å². The maximum Gasteiger partial charge on any atom is 0.257 e. The van der Waals surface area contributed by atoms with Crippen LogP contribution in [0.25, 0.3) is 16.8 Å². The highest BCUT2D eigenvalue weighted by Gasteiger charge is 2.19. The molecule has 0 saturated carbocycles. The average molecular weight is 516 g/mol. The Bertz CT molecular complexity index is 1580. The molecule has 0 bridgehead atoms. The van der Waals surface area contributed by atoms with Crippen molar-refractivity contribution in [2.45, 2.75) is 18.7 Å². The second-order valence-corrected chi connectivity index (χ2v) is 11.2. The SMILES string of the molecule is Cc1cc(C(=O)Nc2ccc(S(C)(=O)=O)cc2)c(C)n1-c1ccccc1-c1ccc(C(=O)N(C)C)cc1. The van der Waals surface area contributed by atoms with Crippen LogP contribution < -0.4 is 5.32 Å². The standard InChI is InChI=1S/C29H29N3O4S/c1-19-18-26(28(33)30-23-14-16-24(17-15-23)37(5,35)36)20(2)32(19)27-9-7-6-8-25(27)21-10-12-22(13-11-21)29(34)31(3)4/h6-18H,1-5H3,(H,30,33). The molecule has 8 heteroatoms. The third-order valence-electron chi connectivity index (χ3n) is 6.21. The first kappa shape index (κ1) is 25.9. The molecule has 1 aromatic heterocycles. The first-order chi connectivity index (χ1) is 17.5. The maximum atomic E-state index is 13.1. The zero-order valence-corrected chi connectivity index (χ0v) is 22.3. The molecule has 0 saturated heterocycles. The summed E-state index contributed by atoms with van der Waals surface area (Å²) in [5.41, 5.74) is 6.15. The largest absolute Gasteiger partial charge is 0.345 e. The fourth-order valence-electron chi connectivity index (χ4n) is 4.31. The lowest BCUT2D eigenvalue weighted by atomic mass is 10.0. The van der Waals surface area contributed by atoms with Crippen molar-refractivity contribution in [2.24, 2.45) is 0 Å². The predicted molar refractivity (Wildman–Crippen MR) is 146 cm³/mol. The Balaban J connectivity index is 1.66. The van der Waals surface area contributed by atoms with E-state index in [0.29, 0.717) is 16.8 Å². The van der Waals surface area contributed by atoms with Gasteiger partial charge in [-0.2, -0.15) is 0 Å². The number of anilines is 1. The van der Waals surface area contributed by atoms with Gasteiger partial charge in [0.2, 0.25) is 0 Å². The quantitative estimate of drug-likeness (QED) is 0.386. The van der Waals surface area contributed by atoms with Crippen LogP contribution in [-0.4, -0.2) is 50.1 Å². The number of nitrogens with zero attached hydrogens (tertiary/aromatic N) is 2. The smallest absolute Gasteiger partial charge is 0.257 e. The van der Waals surface area contributed by atoms with Crippen LogP contribution in [0.1, 0.15) is 32.1 Å². The van der Waals surface area contributed by atoms with E-state index in [9.17, 15) is 18.0 Å². The molecule has 0 aliphatic heterocycles. The molecule has 4 rings (SSSR count). The van der Waals surface area contributed by atoms with Crippen LogP contribution >= 0.6 is 0 Å². The van der Waals surface area contributed by atoms with Crippen molar-refractivity contribution < 1.29 is 18.0 Å². The summed E-state index contributed by atoms with van der Waals surface area (Å²) in [6, 6.07) is 23.4. The zero-order valence-electron chi connectivity index (χ0n) is 21.4. The summed E-state index contributed by atoms with van der Waals surface area (Å²) in [6.45, 7) is 3.84. The van der Waals surface area contributed by atoms with Crippen LogP contribution in [-0.2, 0) is 9.84 Å². The normalized spacial score (nSPS) is 11.3. The Morgan fingerprint density at radius 2 is 1.49 bits per heavy atom. The number of hydrogen-bond donors (Lipinski definition) is 1. The second kappa shape index (κ2) is 10.1. The molecule has 0 unspecified atom stereocenters. The minimum Gasteiger partial charge on any atom is -0.345 e. The number of amides is 2. The number of para-hydroxylation sites is 1. The highest BCUT2D eigenvalue weighted by Crippen LogP contribution is 2.31. The predicted octanol–water partition coefficient (Wildman–Crippen LogP) is 5.12. The van der Waals surface area contributed by atoms with E-state index in [1.807, 2.05) is 73.0 Å². The van der Waals surface area contributed by atoms with E-state index in [0.717, 1.165) is 34.5 Å². The van der Waals surface area contributed by atoms with Crippen LogP contribution in [0, 0.1) is 13.8 Å². The lowest BCUT2D eigenvalue weighted by Gasteiger charge is -2.16. The van der Waals surface area contributed by atoms with E-state index in [1.165, 1.54) is 12.1 Å². The van der Waals surface area contributed by atoms with Crippen LogP contribution in [0.5, 0.6) is 0 Å². The Morgan fingerprint density at radius 1 is 0.865 bits per heavy atom. The average Bonchev–Trinajstić information content (AvgIpc) is 3.17. The van der Waals surface area contributed by atoms with Gasteiger partial charge in [-0.1, -0.05) is 30.3 Å². The molecule has 7 nitrogen and oxygen atoms in total. The Hall–Kier alpha value is -4.17. The van der Waals surface area contributed by atoms with E-state index in [2.05, 4.69) is 5.32 Å². The fraction of sp³-hybridized carbons (Fsp3) is 0.172. The van der Waals surface area contributed by atoms with Gasteiger partial charge in [-0.05, 0) is 67.9 Å². The van der Waals surface area contributed by atoms with Gasteiger partial charge in [-0.25, -0.2) is 8.42 Å². The lowest BCUT2D eigenvalue weighted by molar-refractivity contribution is 0.0827. The molecule has 190 valence electrons. The third-order valence-corrected chi connectivity index (χ3v) is 7.34. The molecule has 37 heavy (non-hydrogen) atoms. The van der Waals surface area contributed by atoms with E-state index in [1.54, 1.807) is 31.1 Å². The molecule has 3 aromatic carbocycles. The van der Waals surface area contributed by atoms with Gasteiger partial charge in [0, 0.05) is 48.6 Å².